The van der Waals surface area contributed by atoms with Gasteiger partial charge in [-0.25, -0.2) is 9.59 Å². The maximum Gasteiger partial charge on any atom is 0.326 e. The van der Waals surface area contributed by atoms with Gasteiger partial charge in [-0.1, -0.05) is 6.92 Å². The van der Waals surface area contributed by atoms with Gasteiger partial charge in [-0.15, -0.1) is 0 Å². The minimum absolute atomic E-state index is 0.0580. The summed E-state index contributed by atoms with van der Waals surface area (Å²) >= 11 is 0. The fourth-order valence-electron chi connectivity index (χ4n) is 1.14. The summed E-state index contributed by atoms with van der Waals surface area (Å²) in [4.78, 5) is 23.4. The molecule has 4 N–H and O–H groups in total. The van der Waals surface area contributed by atoms with Gasteiger partial charge in [0.2, 0.25) is 0 Å². The predicted molar refractivity (Wildman–Crippen MR) is 56.0 cm³/mol. The van der Waals surface area contributed by atoms with E-state index in [1.807, 2.05) is 0 Å². The number of hydrogen-bond donors (Lipinski definition) is 4. The SMILES string of the molecule is CCC(NC(=O)N(CCO)CCO)C(=O)O. The molecular formula is C9H18N2O5. The molecule has 0 radical (unpaired) electrons. The molecule has 0 saturated carbocycles. The summed E-state index contributed by atoms with van der Waals surface area (Å²) in [6.07, 6.45) is 0.271. The van der Waals surface area contributed by atoms with E-state index in [0.29, 0.717) is 0 Å². The standard InChI is InChI=1S/C9H18N2O5/c1-2-7(8(14)15)10-9(16)11(3-5-12)4-6-13/h7,12-13H,2-6H2,1H3,(H,10,16)(H,14,15). The highest BCUT2D eigenvalue weighted by Crippen LogP contribution is 1.95. The Kier molecular flexibility index (Phi) is 7.23. The van der Waals surface area contributed by atoms with Gasteiger partial charge in [0.25, 0.3) is 0 Å². The smallest absolute Gasteiger partial charge is 0.326 e. The van der Waals surface area contributed by atoms with Crippen molar-refractivity contribution in [2.24, 2.45) is 0 Å². The van der Waals surface area contributed by atoms with Crippen molar-refractivity contribution in [1.29, 1.82) is 0 Å². The van der Waals surface area contributed by atoms with Crippen molar-refractivity contribution >= 4 is 12.0 Å². The number of urea groups is 1. The van der Waals surface area contributed by atoms with E-state index in [4.69, 9.17) is 15.3 Å². The first-order valence-corrected chi connectivity index (χ1v) is 5.06. The lowest BCUT2D eigenvalue weighted by Gasteiger charge is -2.23. The number of aliphatic carboxylic acids is 1. The van der Waals surface area contributed by atoms with Gasteiger partial charge in [-0.2, -0.15) is 0 Å². The van der Waals surface area contributed by atoms with Gasteiger partial charge in [-0.3, -0.25) is 0 Å². The van der Waals surface area contributed by atoms with Crippen molar-refractivity contribution in [2.75, 3.05) is 26.3 Å². The summed E-state index contributed by atoms with van der Waals surface area (Å²) in [6, 6.07) is -1.55. The molecule has 0 spiro atoms. The zero-order valence-corrected chi connectivity index (χ0v) is 9.22. The van der Waals surface area contributed by atoms with Crippen LogP contribution in [0, 0.1) is 0 Å². The highest BCUT2D eigenvalue weighted by Gasteiger charge is 2.20. The molecular weight excluding hydrogens is 216 g/mol. The zero-order valence-electron chi connectivity index (χ0n) is 9.22. The number of aliphatic hydroxyl groups is 2. The van der Waals surface area contributed by atoms with E-state index >= 15 is 0 Å². The quantitative estimate of drug-likeness (QED) is 0.444. The van der Waals surface area contributed by atoms with Gasteiger partial charge in [-0.05, 0) is 6.42 Å². The largest absolute Gasteiger partial charge is 0.480 e. The molecule has 94 valence electrons. The number of nitrogens with zero attached hydrogens (tertiary/aromatic N) is 1. The fraction of sp³-hybridized carbons (Fsp3) is 0.778. The van der Waals surface area contributed by atoms with Gasteiger partial charge < -0.3 is 25.5 Å². The summed E-state index contributed by atoms with van der Waals surface area (Å²) in [7, 11) is 0. The Morgan fingerprint density at radius 2 is 1.75 bits per heavy atom. The highest BCUT2D eigenvalue weighted by molar-refractivity contribution is 5.82. The monoisotopic (exact) mass is 234 g/mol. The molecule has 0 bridgehead atoms. The minimum Gasteiger partial charge on any atom is -0.480 e. The van der Waals surface area contributed by atoms with E-state index in [1.165, 1.54) is 0 Å². The van der Waals surface area contributed by atoms with E-state index in [9.17, 15) is 9.59 Å². The van der Waals surface area contributed by atoms with Gasteiger partial charge in [0.05, 0.1) is 13.2 Å². The topological polar surface area (TPSA) is 110 Å². The second-order valence-electron chi connectivity index (χ2n) is 3.18. The number of aliphatic hydroxyl groups excluding tert-OH is 2. The third-order valence-electron chi connectivity index (χ3n) is 2.03. The first-order valence-electron chi connectivity index (χ1n) is 5.06. The Balaban J connectivity index is 4.32. The number of nitrogens with one attached hydrogen (secondary N) is 1. The van der Waals surface area contributed by atoms with Gasteiger partial charge >= 0.3 is 12.0 Å². The molecule has 0 heterocycles. The normalized spacial score (nSPS) is 11.9. The van der Waals surface area contributed by atoms with Crippen molar-refractivity contribution < 1.29 is 24.9 Å². The van der Waals surface area contributed by atoms with Crippen LogP contribution in [-0.4, -0.2) is 64.6 Å². The first kappa shape index (κ1) is 14.7. The lowest BCUT2D eigenvalue weighted by Crippen LogP contribution is -2.49. The molecule has 0 aromatic heterocycles. The molecule has 1 atom stereocenters. The zero-order chi connectivity index (χ0) is 12.6. The first-order chi connectivity index (χ1) is 7.56. The van der Waals surface area contributed by atoms with Crippen LogP contribution in [0.1, 0.15) is 13.3 Å². The van der Waals surface area contributed by atoms with Crippen molar-refractivity contribution in [1.82, 2.24) is 10.2 Å². The lowest BCUT2D eigenvalue weighted by molar-refractivity contribution is -0.139. The molecule has 16 heavy (non-hydrogen) atoms. The van der Waals surface area contributed by atoms with Crippen LogP contribution >= 0.6 is 0 Å². The van der Waals surface area contributed by atoms with Crippen LogP contribution in [0.3, 0.4) is 0 Å². The summed E-state index contributed by atoms with van der Waals surface area (Å²) in [6.45, 7) is 1.28. The number of carbonyl (C=O) groups excluding carboxylic acids is 1. The second kappa shape index (κ2) is 7.89. The number of amides is 2. The molecule has 0 aliphatic rings. The van der Waals surface area contributed by atoms with E-state index in [-0.39, 0.29) is 32.7 Å². The van der Waals surface area contributed by atoms with Crippen LogP contribution < -0.4 is 5.32 Å². The van der Waals surface area contributed by atoms with Crippen LogP contribution in [0.15, 0.2) is 0 Å². The Bertz CT molecular complexity index is 228. The lowest BCUT2D eigenvalue weighted by atomic mass is 10.2. The van der Waals surface area contributed by atoms with Crippen LogP contribution in [0.2, 0.25) is 0 Å². The Labute approximate surface area is 93.7 Å². The van der Waals surface area contributed by atoms with E-state index in [0.717, 1.165) is 4.90 Å². The Hall–Kier alpha value is -1.34. The van der Waals surface area contributed by atoms with Crippen LogP contribution in [-0.2, 0) is 4.79 Å². The molecule has 0 aromatic rings. The maximum atomic E-state index is 11.5. The van der Waals surface area contributed by atoms with E-state index in [2.05, 4.69) is 5.32 Å². The van der Waals surface area contributed by atoms with Gasteiger partial charge in [0.1, 0.15) is 6.04 Å². The molecule has 7 nitrogen and oxygen atoms in total. The van der Waals surface area contributed by atoms with Crippen molar-refractivity contribution in [3.05, 3.63) is 0 Å². The molecule has 0 aliphatic heterocycles. The predicted octanol–water partition coefficient (Wildman–Crippen LogP) is -1.15. The van der Waals surface area contributed by atoms with E-state index in [1.54, 1.807) is 6.92 Å². The maximum absolute atomic E-state index is 11.5. The summed E-state index contributed by atoms with van der Waals surface area (Å²) in [5.41, 5.74) is 0. The van der Waals surface area contributed by atoms with Crippen LogP contribution in [0.4, 0.5) is 4.79 Å². The van der Waals surface area contributed by atoms with Crippen LogP contribution in [0.25, 0.3) is 0 Å². The summed E-state index contributed by atoms with van der Waals surface area (Å²) < 4.78 is 0. The van der Waals surface area contributed by atoms with Gasteiger partial charge in [0, 0.05) is 13.1 Å². The second-order valence-corrected chi connectivity index (χ2v) is 3.18. The highest BCUT2D eigenvalue weighted by atomic mass is 16.4. The molecule has 0 aliphatic carbocycles. The Morgan fingerprint density at radius 1 is 1.25 bits per heavy atom. The molecule has 0 fully saturated rings. The van der Waals surface area contributed by atoms with Crippen molar-refractivity contribution in [3.8, 4) is 0 Å². The molecule has 2 amide bonds. The van der Waals surface area contributed by atoms with Gasteiger partial charge in [0.15, 0.2) is 0 Å². The molecule has 7 heteroatoms. The third-order valence-corrected chi connectivity index (χ3v) is 2.03. The number of carbonyl (C=O) groups is 2. The molecule has 0 aromatic carbocycles. The number of carboxylic acid groups (broad SMARTS) is 1. The number of rotatable bonds is 7. The minimum atomic E-state index is -1.11. The van der Waals surface area contributed by atoms with Crippen molar-refractivity contribution in [3.63, 3.8) is 0 Å². The molecule has 0 rings (SSSR count). The number of hydrogen-bond acceptors (Lipinski definition) is 4. The number of carboxylic acids is 1. The third kappa shape index (κ3) is 4.94. The fourth-order valence-corrected chi connectivity index (χ4v) is 1.14. The Morgan fingerprint density at radius 3 is 2.06 bits per heavy atom. The van der Waals surface area contributed by atoms with E-state index < -0.39 is 18.0 Å². The van der Waals surface area contributed by atoms with Crippen molar-refractivity contribution in [2.45, 2.75) is 19.4 Å². The summed E-state index contributed by atoms with van der Waals surface area (Å²) in [5.74, 6) is -1.11. The average Bonchev–Trinajstić information content (AvgIpc) is 2.24. The van der Waals surface area contributed by atoms with Crippen LogP contribution in [0.5, 0.6) is 0 Å². The average molecular weight is 234 g/mol. The molecule has 0 saturated heterocycles. The molecule has 1 unspecified atom stereocenters. The summed E-state index contributed by atoms with van der Waals surface area (Å²) in [5, 5.41) is 28.4.